The van der Waals surface area contributed by atoms with E-state index in [0.29, 0.717) is 30.6 Å². The number of fused-ring (bicyclic) bond motifs is 5. The van der Waals surface area contributed by atoms with Crippen LogP contribution in [0.5, 0.6) is 11.5 Å². The number of amides is 1. The lowest BCUT2D eigenvalue weighted by atomic mass is 9.68. The highest BCUT2D eigenvalue weighted by molar-refractivity contribution is 5.95. The van der Waals surface area contributed by atoms with Crippen LogP contribution in [0.3, 0.4) is 0 Å². The third kappa shape index (κ3) is 4.51. The van der Waals surface area contributed by atoms with Gasteiger partial charge in [0, 0.05) is 48.2 Å². The molecule has 1 aliphatic carbocycles. The maximum Gasteiger partial charge on any atom is 0.253 e. The fourth-order valence-electron chi connectivity index (χ4n) is 7.73. The molecule has 7 heteroatoms. The van der Waals surface area contributed by atoms with Crippen LogP contribution in [0.1, 0.15) is 66.9 Å². The number of para-hydroxylation sites is 1. The van der Waals surface area contributed by atoms with Crippen molar-refractivity contribution in [3.8, 4) is 11.5 Å². The first-order valence-electron chi connectivity index (χ1n) is 15.2. The molecular weight excluding hydrogens is 524 g/mol. The Morgan fingerprint density at radius 2 is 1.83 bits per heavy atom. The topological polar surface area (TPSA) is 66.1 Å². The van der Waals surface area contributed by atoms with Crippen LogP contribution >= 0.6 is 0 Å². The molecule has 1 amide bonds. The molecule has 2 aliphatic heterocycles. The van der Waals surface area contributed by atoms with Crippen LogP contribution in [0.2, 0.25) is 0 Å². The second-order valence-electron chi connectivity index (χ2n) is 11.6. The van der Waals surface area contributed by atoms with E-state index in [-0.39, 0.29) is 11.4 Å². The fourth-order valence-corrected chi connectivity index (χ4v) is 7.73. The molecule has 220 valence electrons. The summed E-state index contributed by atoms with van der Waals surface area (Å²) in [6.07, 6.45) is 6.64. The number of nitrogens with one attached hydrogen (secondary N) is 2. The lowest BCUT2D eigenvalue weighted by molar-refractivity contribution is 0.0426. The normalized spacial score (nSPS) is 21.9. The van der Waals surface area contributed by atoms with Gasteiger partial charge in [0.15, 0.2) is 0 Å². The summed E-state index contributed by atoms with van der Waals surface area (Å²) in [5, 5.41) is 7.35. The van der Waals surface area contributed by atoms with Crippen molar-refractivity contribution in [2.75, 3.05) is 44.5 Å². The van der Waals surface area contributed by atoms with E-state index < -0.39 is 0 Å². The number of carbonyl (C=O) groups is 1. The van der Waals surface area contributed by atoms with Crippen LogP contribution in [0, 0.1) is 0 Å². The first-order chi connectivity index (χ1) is 20.5. The molecule has 0 radical (unpaired) electrons. The summed E-state index contributed by atoms with van der Waals surface area (Å²) in [5.41, 5.74) is 6.86. The van der Waals surface area contributed by atoms with E-state index in [4.69, 9.17) is 9.47 Å². The summed E-state index contributed by atoms with van der Waals surface area (Å²) in [7, 11) is 3.50. The molecule has 3 atom stereocenters. The van der Waals surface area contributed by atoms with E-state index >= 15 is 0 Å². The molecule has 42 heavy (non-hydrogen) atoms. The van der Waals surface area contributed by atoms with Crippen LogP contribution < -0.4 is 20.1 Å². The zero-order chi connectivity index (χ0) is 29.4. The smallest absolute Gasteiger partial charge is 0.253 e. The van der Waals surface area contributed by atoms with Crippen molar-refractivity contribution in [1.82, 2.24) is 9.80 Å². The molecule has 2 N–H and O–H groups in total. The van der Waals surface area contributed by atoms with Gasteiger partial charge in [-0.2, -0.15) is 0 Å². The highest BCUT2D eigenvalue weighted by Gasteiger charge is 2.57. The van der Waals surface area contributed by atoms with Gasteiger partial charge >= 0.3 is 0 Å². The maximum absolute atomic E-state index is 12.8. The molecule has 2 fully saturated rings. The van der Waals surface area contributed by atoms with Gasteiger partial charge in [-0.15, -0.1) is 6.58 Å². The Morgan fingerprint density at radius 3 is 2.52 bits per heavy atom. The lowest BCUT2D eigenvalue weighted by Gasteiger charge is -2.52. The third-order valence-corrected chi connectivity index (χ3v) is 9.61. The Morgan fingerprint density at radius 1 is 1.05 bits per heavy atom. The number of carbonyl (C=O) groups excluding carboxylic acids is 1. The maximum atomic E-state index is 12.8. The number of hydrogen-bond donors (Lipinski definition) is 2. The fraction of sp³-hybridized carbons (Fsp3) is 0.400. The van der Waals surface area contributed by atoms with E-state index in [1.807, 2.05) is 67.3 Å². The van der Waals surface area contributed by atoms with Crippen molar-refractivity contribution in [3.05, 3.63) is 83.9 Å². The number of hydrogen-bond acceptors (Lipinski definition) is 6. The van der Waals surface area contributed by atoms with Gasteiger partial charge in [-0.3, -0.25) is 9.69 Å². The molecule has 0 aromatic heterocycles. The number of methoxy groups -OCH3 is 2. The standard InChI is InChI=1S/C35H42N4O3/c1-6-20-39-26-18-19-35(39)22-24(21-26)27-16-17-28(31(35)33(27)42-5)37-32-29(10-9-11-30(32)41-4)36-25-14-12-23(13-15-25)34(40)38(7-2)8-3/h6,9-17,24,26,36-37H,1,7-8,18-22H2,2-5H3. The Kier molecular flexibility index (Phi) is 7.62. The number of nitrogens with zero attached hydrogens (tertiary/aromatic N) is 2. The molecule has 0 saturated carbocycles. The van der Waals surface area contributed by atoms with Crippen LogP contribution in [-0.4, -0.2) is 55.6 Å². The molecule has 3 unspecified atom stereocenters. The minimum atomic E-state index is -0.0768. The molecule has 5 bridgehead atoms. The summed E-state index contributed by atoms with van der Waals surface area (Å²) < 4.78 is 12.0. The average molecular weight is 567 g/mol. The third-order valence-electron chi connectivity index (χ3n) is 9.61. The molecule has 3 aromatic rings. The number of rotatable bonds is 11. The first kappa shape index (κ1) is 28.2. The van der Waals surface area contributed by atoms with Crippen molar-refractivity contribution in [3.63, 3.8) is 0 Å². The Bertz CT molecular complexity index is 1480. The summed E-state index contributed by atoms with van der Waals surface area (Å²) in [6.45, 7) is 10.3. The van der Waals surface area contributed by atoms with Crippen molar-refractivity contribution in [2.24, 2.45) is 0 Å². The minimum absolute atomic E-state index is 0.0469. The molecular formula is C35H42N4O3. The van der Waals surface area contributed by atoms with Crippen LogP contribution in [0.25, 0.3) is 0 Å². The molecule has 7 nitrogen and oxygen atoms in total. The van der Waals surface area contributed by atoms with Gasteiger partial charge in [-0.1, -0.05) is 18.2 Å². The van der Waals surface area contributed by atoms with E-state index in [9.17, 15) is 4.79 Å². The van der Waals surface area contributed by atoms with E-state index in [0.717, 1.165) is 53.6 Å². The Labute approximate surface area is 249 Å². The highest BCUT2D eigenvalue weighted by atomic mass is 16.5. The van der Waals surface area contributed by atoms with Crippen LogP contribution in [0.4, 0.5) is 22.7 Å². The number of anilines is 4. The second-order valence-corrected chi connectivity index (χ2v) is 11.6. The van der Waals surface area contributed by atoms with Crippen molar-refractivity contribution < 1.29 is 14.3 Å². The largest absolute Gasteiger partial charge is 0.496 e. The van der Waals surface area contributed by atoms with E-state index in [2.05, 4.69) is 34.2 Å². The summed E-state index contributed by atoms with van der Waals surface area (Å²) >= 11 is 0. The van der Waals surface area contributed by atoms with Crippen molar-refractivity contribution in [1.29, 1.82) is 0 Å². The van der Waals surface area contributed by atoms with Crippen molar-refractivity contribution in [2.45, 2.75) is 57.0 Å². The number of ether oxygens (including phenoxy) is 2. The average Bonchev–Trinajstić information content (AvgIpc) is 3.22. The number of piperidine rings is 1. The quantitative estimate of drug-likeness (QED) is 0.236. The van der Waals surface area contributed by atoms with Gasteiger partial charge in [0.05, 0.1) is 25.4 Å². The minimum Gasteiger partial charge on any atom is -0.496 e. The lowest BCUT2D eigenvalue weighted by Crippen LogP contribution is -2.52. The van der Waals surface area contributed by atoms with Gasteiger partial charge in [0.1, 0.15) is 17.2 Å². The predicted octanol–water partition coefficient (Wildman–Crippen LogP) is 7.41. The predicted molar refractivity (Wildman–Crippen MR) is 170 cm³/mol. The van der Waals surface area contributed by atoms with Crippen LogP contribution in [0.15, 0.2) is 67.3 Å². The van der Waals surface area contributed by atoms with Crippen LogP contribution in [-0.2, 0) is 5.54 Å². The summed E-state index contributed by atoms with van der Waals surface area (Å²) in [5.74, 6) is 2.33. The van der Waals surface area contributed by atoms with Gasteiger partial charge in [0.2, 0.25) is 0 Å². The van der Waals surface area contributed by atoms with Gasteiger partial charge < -0.3 is 25.0 Å². The van der Waals surface area contributed by atoms with Crippen molar-refractivity contribution >= 4 is 28.7 Å². The zero-order valence-corrected chi connectivity index (χ0v) is 25.2. The highest BCUT2D eigenvalue weighted by Crippen LogP contribution is 2.63. The van der Waals surface area contributed by atoms with Gasteiger partial charge in [0.25, 0.3) is 5.91 Å². The molecule has 6 rings (SSSR count). The molecule has 2 heterocycles. The summed E-state index contributed by atoms with van der Waals surface area (Å²) in [6, 6.07) is 18.7. The SMILES string of the molecule is C=CCN1C2CCC13CC(C2)c1ccc(Nc2c(Nc4ccc(C(=O)N(CC)CC)cc4)cccc2OC)c3c1OC. The Balaban J connectivity index is 1.37. The van der Waals surface area contributed by atoms with E-state index in [1.54, 1.807) is 14.2 Å². The second kappa shape index (κ2) is 11.4. The molecule has 1 spiro atoms. The number of benzene rings is 3. The summed E-state index contributed by atoms with van der Waals surface area (Å²) in [4.78, 5) is 17.3. The molecule has 2 saturated heterocycles. The molecule has 3 aromatic carbocycles. The first-order valence-corrected chi connectivity index (χ1v) is 15.2. The molecule has 3 aliphatic rings. The monoisotopic (exact) mass is 566 g/mol. The van der Waals surface area contributed by atoms with Gasteiger partial charge in [-0.25, -0.2) is 0 Å². The van der Waals surface area contributed by atoms with Gasteiger partial charge in [-0.05, 0) is 93.5 Å². The Hall–Kier alpha value is -3.97. The van der Waals surface area contributed by atoms with E-state index in [1.165, 1.54) is 24.0 Å². The zero-order valence-electron chi connectivity index (χ0n) is 25.2.